The van der Waals surface area contributed by atoms with Gasteiger partial charge in [0.15, 0.2) is 6.10 Å². The summed E-state index contributed by atoms with van der Waals surface area (Å²) in [6.07, 6.45) is -1.54. The first-order valence-electron chi connectivity index (χ1n) is 7.68. The lowest BCUT2D eigenvalue weighted by atomic mass is 10.3. The number of benzene rings is 1. The molecule has 4 N–H and O–H groups in total. The Balaban J connectivity index is 2.49. The zero-order valence-corrected chi connectivity index (χ0v) is 15.2. The number of hydrogen-bond acceptors (Lipinski definition) is 7. The SMILES string of the molecule is CCOc1ccc(S(=O)(=O)NCCC(=O)O[C@H](C)C(=O)NC(N)=O)cc1. The molecule has 0 aliphatic rings. The number of amides is 3. The van der Waals surface area contributed by atoms with Gasteiger partial charge >= 0.3 is 12.0 Å². The summed E-state index contributed by atoms with van der Waals surface area (Å²) in [5.41, 5.74) is 4.78. The highest BCUT2D eigenvalue weighted by molar-refractivity contribution is 7.89. The third-order valence-electron chi connectivity index (χ3n) is 2.99. The highest BCUT2D eigenvalue weighted by Gasteiger charge is 2.20. The maximum atomic E-state index is 12.1. The molecule has 144 valence electrons. The largest absolute Gasteiger partial charge is 0.494 e. The smallest absolute Gasteiger partial charge is 0.318 e. The summed E-state index contributed by atoms with van der Waals surface area (Å²) in [7, 11) is -3.80. The third-order valence-corrected chi connectivity index (χ3v) is 4.47. The first-order chi connectivity index (χ1) is 12.2. The lowest BCUT2D eigenvalue weighted by Gasteiger charge is -2.12. The lowest BCUT2D eigenvalue weighted by molar-refractivity contribution is -0.154. The van der Waals surface area contributed by atoms with Gasteiger partial charge in [-0.3, -0.25) is 14.9 Å². The van der Waals surface area contributed by atoms with Gasteiger partial charge in [-0.05, 0) is 38.1 Å². The molecule has 0 radical (unpaired) electrons. The normalized spacial score (nSPS) is 12.1. The molecule has 0 saturated carbocycles. The topological polar surface area (TPSA) is 154 Å². The van der Waals surface area contributed by atoms with Crippen LogP contribution in [0.15, 0.2) is 29.2 Å². The van der Waals surface area contributed by atoms with Gasteiger partial charge in [-0.1, -0.05) is 0 Å². The zero-order valence-electron chi connectivity index (χ0n) is 14.4. The van der Waals surface area contributed by atoms with Crippen molar-refractivity contribution < 1.29 is 32.3 Å². The third kappa shape index (κ3) is 7.07. The monoisotopic (exact) mass is 387 g/mol. The molecule has 0 aliphatic carbocycles. The van der Waals surface area contributed by atoms with Gasteiger partial charge in [0.2, 0.25) is 10.0 Å². The molecule has 1 aromatic carbocycles. The molecular weight excluding hydrogens is 366 g/mol. The van der Waals surface area contributed by atoms with Crippen LogP contribution in [0.25, 0.3) is 0 Å². The number of primary amides is 1. The van der Waals surface area contributed by atoms with Crippen molar-refractivity contribution in [2.45, 2.75) is 31.3 Å². The van der Waals surface area contributed by atoms with E-state index in [0.717, 1.165) is 0 Å². The van der Waals surface area contributed by atoms with E-state index in [0.29, 0.717) is 12.4 Å². The van der Waals surface area contributed by atoms with Crippen LogP contribution in [0, 0.1) is 0 Å². The van der Waals surface area contributed by atoms with Gasteiger partial charge in [0, 0.05) is 6.54 Å². The van der Waals surface area contributed by atoms with Gasteiger partial charge in [0.1, 0.15) is 5.75 Å². The summed E-state index contributed by atoms with van der Waals surface area (Å²) in [5.74, 6) is -1.15. The first-order valence-corrected chi connectivity index (χ1v) is 9.16. The van der Waals surface area contributed by atoms with Crippen LogP contribution >= 0.6 is 0 Å². The number of nitrogens with one attached hydrogen (secondary N) is 2. The van der Waals surface area contributed by atoms with Crippen LogP contribution in [0.2, 0.25) is 0 Å². The molecule has 1 atom stereocenters. The lowest BCUT2D eigenvalue weighted by Crippen LogP contribution is -2.42. The van der Waals surface area contributed by atoms with E-state index in [1.165, 1.54) is 31.2 Å². The van der Waals surface area contributed by atoms with Gasteiger partial charge in [-0.15, -0.1) is 0 Å². The van der Waals surface area contributed by atoms with Crippen molar-refractivity contribution in [1.82, 2.24) is 10.0 Å². The minimum absolute atomic E-state index is 0.0172. The van der Waals surface area contributed by atoms with E-state index in [-0.39, 0.29) is 17.9 Å². The van der Waals surface area contributed by atoms with Crippen LogP contribution in [0.5, 0.6) is 5.75 Å². The second-order valence-corrected chi connectivity index (χ2v) is 6.80. The first kappa shape index (κ1) is 21.4. The molecular formula is C15H21N3O7S. The van der Waals surface area contributed by atoms with Gasteiger partial charge in [-0.25, -0.2) is 17.9 Å². The Morgan fingerprint density at radius 2 is 1.81 bits per heavy atom. The van der Waals surface area contributed by atoms with Crippen LogP contribution in [0.4, 0.5) is 4.79 Å². The highest BCUT2D eigenvalue weighted by atomic mass is 32.2. The Kier molecular flexibility index (Phi) is 8.00. The Morgan fingerprint density at radius 3 is 2.35 bits per heavy atom. The fraction of sp³-hybridized carbons (Fsp3) is 0.400. The van der Waals surface area contributed by atoms with Crippen LogP contribution < -0.4 is 20.5 Å². The fourth-order valence-corrected chi connectivity index (χ4v) is 2.82. The zero-order chi connectivity index (χ0) is 19.7. The van der Waals surface area contributed by atoms with Crippen LogP contribution in [0.3, 0.4) is 0 Å². The summed E-state index contributed by atoms with van der Waals surface area (Å²) < 4.78 is 36.5. The number of hydrogen-bond donors (Lipinski definition) is 3. The number of carbonyl (C=O) groups excluding carboxylic acids is 3. The van der Waals surface area contributed by atoms with Gasteiger partial charge in [0.05, 0.1) is 17.9 Å². The van der Waals surface area contributed by atoms with E-state index >= 15 is 0 Å². The summed E-state index contributed by atoms with van der Waals surface area (Å²) in [5, 5.41) is 1.76. The Hall–Kier alpha value is -2.66. The van der Waals surface area contributed by atoms with Crippen LogP contribution in [0.1, 0.15) is 20.3 Å². The van der Waals surface area contributed by atoms with E-state index in [2.05, 4.69) is 4.72 Å². The Bertz CT molecular complexity index is 747. The second-order valence-electron chi connectivity index (χ2n) is 5.04. The van der Waals surface area contributed by atoms with Crippen molar-refractivity contribution in [3.8, 4) is 5.75 Å². The molecule has 0 bridgehead atoms. The van der Waals surface area contributed by atoms with Gasteiger partial charge < -0.3 is 15.2 Å². The van der Waals surface area contributed by atoms with Crippen molar-refractivity contribution in [3.05, 3.63) is 24.3 Å². The Labute approximate surface area is 151 Å². The van der Waals surface area contributed by atoms with Gasteiger partial charge in [0.25, 0.3) is 5.91 Å². The second kappa shape index (κ2) is 9.73. The predicted molar refractivity (Wildman–Crippen MR) is 90.7 cm³/mol. The summed E-state index contributed by atoms with van der Waals surface area (Å²) >= 11 is 0. The molecule has 0 spiro atoms. The number of esters is 1. The maximum Gasteiger partial charge on any atom is 0.318 e. The van der Waals surface area contributed by atoms with E-state index in [4.69, 9.17) is 15.2 Å². The average molecular weight is 387 g/mol. The summed E-state index contributed by atoms with van der Waals surface area (Å²) in [6.45, 7) is 3.30. The number of sulfonamides is 1. The fourth-order valence-electron chi connectivity index (χ4n) is 1.79. The molecule has 0 aliphatic heterocycles. The molecule has 0 aromatic heterocycles. The number of rotatable bonds is 9. The number of carbonyl (C=O) groups is 3. The van der Waals surface area contributed by atoms with Gasteiger partial charge in [-0.2, -0.15) is 0 Å². The molecule has 3 amide bonds. The van der Waals surface area contributed by atoms with Crippen LogP contribution in [-0.2, 0) is 24.3 Å². The van der Waals surface area contributed by atoms with Crippen molar-refractivity contribution in [3.63, 3.8) is 0 Å². The minimum Gasteiger partial charge on any atom is -0.494 e. The van der Waals surface area contributed by atoms with Crippen LogP contribution in [-0.4, -0.2) is 45.6 Å². The van der Waals surface area contributed by atoms with E-state index < -0.39 is 34.0 Å². The summed E-state index contributed by atoms with van der Waals surface area (Å²) in [6, 6.07) is 4.72. The number of nitrogens with two attached hydrogens (primary N) is 1. The molecule has 0 saturated heterocycles. The average Bonchev–Trinajstić information content (AvgIpc) is 2.54. The number of ether oxygens (including phenoxy) is 2. The predicted octanol–water partition coefficient (Wildman–Crippen LogP) is -0.120. The quantitative estimate of drug-likeness (QED) is 0.499. The van der Waals surface area contributed by atoms with Crippen molar-refractivity contribution >= 4 is 27.9 Å². The molecule has 11 heteroatoms. The van der Waals surface area contributed by atoms with E-state index in [9.17, 15) is 22.8 Å². The minimum atomic E-state index is -3.80. The molecule has 26 heavy (non-hydrogen) atoms. The van der Waals surface area contributed by atoms with Crippen molar-refractivity contribution in [2.24, 2.45) is 5.73 Å². The number of imide groups is 1. The summed E-state index contributed by atoms with van der Waals surface area (Å²) in [4.78, 5) is 33.5. The molecule has 1 aromatic rings. The highest BCUT2D eigenvalue weighted by Crippen LogP contribution is 2.15. The molecule has 0 fully saturated rings. The maximum absolute atomic E-state index is 12.1. The molecule has 0 heterocycles. The molecule has 0 unspecified atom stereocenters. The standard InChI is InChI=1S/C15H21N3O7S/c1-3-24-11-4-6-12(7-5-11)26(22,23)17-9-8-13(19)25-10(2)14(20)18-15(16)21/h4-7,10,17H,3,8-9H2,1-2H3,(H3,16,18,20,21)/t10-/m1/s1. The van der Waals surface area contributed by atoms with E-state index in [1.54, 1.807) is 5.32 Å². The van der Waals surface area contributed by atoms with Crippen molar-refractivity contribution in [2.75, 3.05) is 13.2 Å². The molecule has 10 nitrogen and oxygen atoms in total. The molecule has 1 rings (SSSR count). The van der Waals surface area contributed by atoms with Crippen molar-refractivity contribution in [1.29, 1.82) is 0 Å². The Morgan fingerprint density at radius 1 is 1.19 bits per heavy atom. The van der Waals surface area contributed by atoms with E-state index in [1.807, 2.05) is 6.92 Å². The number of urea groups is 1.